The Labute approximate surface area is 84.5 Å². The molecule has 0 bridgehead atoms. The lowest BCUT2D eigenvalue weighted by atomic mass is 10.3. The maximum Gasteiger partial charge on any atom is 0.166 e. The van der Waals surface area contributed by atoms with Gasteiger partial charge in [0.25, 0.3) is 0 Å². The Morgan fingerprint density at radius 3 is 3.15 bits per heavy atom. The van der Waals surface area contributed by atoms with Crippen LogP contribution in [0.2, 0.25) is 5.02 Å². The molecule has 2 nitrogen and oxygen atoms in total. The maximum atomic E-state index is 12.5. The van der Waals surface area contributed by atoms with E-state index in [2.05, 4.69) is 4.40 Å². The molecule has 1 heterocycles. The first kappa shape index (κ1) is 8.84. The normalized spacial score (nSPS) is 14.5. The summed E-state index contributed by atoms with van der Waals surface area (Å²) in [6.07, 6.45) is 1.47. The van der Waals surface area contributed by atoms with Crippen molar-refractivity contribution in [2.24, 2.45) is 4.40 Å². The monoisotopic (exact) mass is 216 g/mol. The number of alkyl halides is 1. The fraction of sp³-hybridized carbons (Fsp3) is 0.125. The number of benzene rings is 1. The fourth-order valence-electron chi connectivity index (χ4n) is 1.09. The van der Waals surface area contributed by atoms with Gasteiger partial charge in [-0.05, 0) is 18.2 Å². The Morgan fingerprint density at radius 1 is 1.54 bits per heavy atom. The van der Waals surface area contributed by atoms with E-state index in [1.807, 2.05) is 0 Å². The lowest BCUT2D eigenvalue weighted by Gasteiger charge is -2.21. The van der Waals surface area contributed by atoms with Gasteiger partial charge in [-0.3, -0.25) is 0 Å². The molecule has 1 aliphatic heterocycles. The molecule has 5 heteroatoms. The lowest BCUT2D eigenvalue weighted by Crippen LogP contribution is -2.21. The van der Waals surface area contributed by atoms with Gasteiger partial charge in [-0.1, -0.05) is 11.6 Å². The van der Waals surface area contributed by atoms with Crippen LogP contribution in [0.1, 0.15) is 0 Å². The number of hydrogen-bond donors (Lipinski definition) is 0. The Hall–Kier alpha value is -0.740. The highest BCUT2D eigenvalue weighted by atomic mass is 35.5. The molecule has 0 fully saturated rings. The Morgan fingerprint density at radius 2 is 2.38 bits per heavy atom. The molecule has 0 amide bonds. The molecule has 68 valence electrons. The van der Waals surface area contributed by atoms with E-state index >= 15 is 0 Å². The molecule has 0 aliphatic carbocycles. The van der Waals surface area contributed by atoms with Crippen molar-refractivity contribution in [3.05, 3.63) is 23.2 Å². The van der Waals surface area contributed by atoms with Gasteiger partial charge in [0.05, 0.1) is 10.6 Å². The summed E-state index contributed by atoms with van der Waals surface area (Å²) in [5.41, 5.74) is 0.812. The molecule has 1 aromatic carbocycles. The Balaban J connectivity index is 2.45. The molecule has 13 heavy (non-hydrogen) atoms. The molecule has 1 aromatic rings. The molecule has 0 N–H and O–H groups in total. The number of nitrogens with zero attached hydrogens (tertiary/aromatic N) is 2. The Bertz CT molecular complexity index is 356. The average Bonchev–Trinajstić information content (AvgIpc) is 2.16. The van der Waals surface area contributed by atoms with Gasteiger partial charge in [0.2, 0.25) is 0 Å². The van der Waals surface area contributed by atoms with Crippen molar-refractivity contribution < 1.29 is 4.39 Å². The first-order valence-electron chi connectivity index (χ1n) is 3.64. The summed E-state index contributed by atoms with van der Waals surface area (Å²) in [5, 5.41) is 0.641. The van der Waals surface area contributed by atoms with E-state index in [0.717, 1.165) is 10.6 Å². The van der Waals surface area contributed by atoms with Crippen LogP contribution in [0.15, 0.2) is 27.5 Å². The van der Waals surface area contributed by atoms with Crippen molar-refractivity contribution in [3.8, 4) is 0 Å². The molecule has 0 aromatic heterocycles. The predicted molar refractivity (Wildman–Crippen MR) is 54.3 cm³/mol. The summed E-state index contributed by atoms with van der Waals surface area (Å²) in [6.45, 7) is -0.571. The molecule has 0 spiro atoms. The maximum absolute atomic E-state index is 12.5. The van der Waals surface area contributed by atoms with Crippen LogP contribution in [-0.4, -0.2) is 13.1 Å². The lowest BCUT2D eigenvalue weighted by molar-refractivity contribution is 0.508. The SMILES string of the molecule is FCN1C=NSc2cc(Cl)ccc21. The molecular formula is C8H6ClFN2S. The number of anilines is 1. The largest absolute Gasteiger partial charge is 0.302 e. The van der Waals surface area contributed by atoms with Gasteiger partial charge in [0.15, 0.2) is 6.80 Å². The topological polar surface area (TPSA) is 15.6 Å². The van der Waals surface area contributed by atoms with Crippen molar-refractivity contribution in [1.82, 2.24) is 0 Å². The van der Waals surface area contributed by atoms with Crippen molar-refractivity contribution in [3.63, 3.8) is 0 Å². The van der Waals surface area contributed by atoms with Crippen LogP contribution in [0.5, 0.6) is 0 Å². The number of hydrogen-bond acceptors (Lipinski definition) is 3. The summed E-state index contributed by atoms with van der Waals surface area (Å²) in [5.74, 6) is 0. The molecule has 0 saturated carbocycles. The van der Waals surface area contributed by atoms with Crippen LogP contribution in [0.3, 0.4) is 0 Å². The molecule has 0 atom stereocenters. The van der Waals surface area contributed by atoms with Gasteiger partial charge in [0.1, 0.15) is 6.34 Å². The predicted octanol–water partition coefficient (Wildman–Crippen LogP) is 3.12. The van der Waals surface area contributed by atoms with Crippen molar-refractivity contribution >= 4 is 35.6 Å². The van der Waals surface area contributed by atoms with E-state index in [1.54, 1.807) is 18.2 Å². The van der Waals surface area contributed by atoms with Crippen LogP contribution in [-0.2, 0) is 0 Å². The van der Waals surface area contributed by atoms with E-state index in [4.69, 9.17) is 11.6 Å². The van der Waals surface area contributed by atoms with Crippen LogP contribution < -0.4 is 4.90 Å². The highest BCUT2D eigenvalue weighted by Crippen LogP contribution is 2.35. The Kier molecular flexibility index (Phi) is 2.42. The fourth-order valence-corrected chi connectivity index (χ4v) is 2.06. The van der Waals surface area contributed by atoms with Crippen LogP contribution in [0.25, 0.3) is 0 Å². The van der Waals surface area contributed by atoms with Gasteiger partial charge in [-0.2, -0.15) is 0 Å². The van der Waals surface area contributed by atoms with Gasteiger partial charge < -0.3 is 4.90 Å². The number of fused-ring (bicyclic) bond motifs is 1. The van der Waals surface area contributed by atoms with E-state index in [0.29, 0.717) is 5.02 Å². The zero-order valence-electron chi connectivity index (χ0n) is 6.58. The third kappa shape index (κ3) is 1.64. The zero-order chi connectivity index (χ0) is 9.26. The zero-order valence-corrected chi connectivity index (χ0v) is 8.15. The third-order valence-corrected chi connectivity index (χ3v) is 2.66. The van der Waals surface area contributed by atoms with Gasteiger partial charge in [-0.15, -0.1) is 0 Å². The second kappa shape index (κ2) is 3.55. The minimum atomic E-state index is -0.571. The van der Waals surface area contributed by atoms with Gasteiger partial charge in [-0.25, -0.2) is 8.79 Å². The second-order valence-corrected chi connectivity index (χ2v) is 3.78. The molecular weight excluding hydrogens is 211 g/mol. The summed E-state index contributed by atoms with van der Waals surface area (Å²) < 4.78 is 16.4. The number of rotatable bonds is 1. The first-order chi connectivity index (χ1) is 6.31. The van der Waals surface area contributed by atoms with Gasteiger partial charge in [0, 0.05) is 17.0 Å². The summed E-state index contributed by atoms with van der Waals surface area (Å²) in [4.78, 5) is 2.31. The van der Waals surface area contributed by atoms with E-state index in [-0.39, 0.29) is 0 Å². The van der Waals surface area contributed by atoms with Crippen molar-refractivity contribution in [1.29, 1.82) is 0 Å². The van der Waals surface area contributed by atoms with Crippen molar-refractivity contribution in [2.75, 3.05) is 11.7 Å². The van der Waals surface area contributed by atoms with Crippen LogP contribution in [0, 0.1) is 0 Å². The minimum absolute atomic E-state index is 0.571. The highest BCUT2D eigenvalue weighted by Gasteiger charge is 2.13. The van der Waals surface area contributed by atoms with Gasteiger partial charge >= 0.3 is 0 Å². The van der Waals surface area contributed by atoms with Crippen LogP contribution in [0.4, 0.5) is 10.1 Å². The molecule has 2 rings (SSSR count). The summed E-state index contributed by atoms with van der Waals surface area (Å²) >= 11 is 7.09. The third-order valence-electron chi connectivity index (χ3n) is 1.70. The summed E-state index contributed by atoms with van der Waals surface area (Å²) in [7, 11) is 0. The minimum Gasteiger partial charge on any atom is -0.302 e. The molecule has 0 unspecified atom stereocenters. The molecule has 0 saturated heterocycles. The van der Waals surface area contributed by atoms with Crippen LogP contribution >= 0.6 is 23.5 Å². The first-order valence-corrected chi connectivity index (χ1v) is 4.79. The van der Waals surface area contributed by atoms with Crippen molar-refractivity contribution in [2.45, 2.75) is 4.90 Å². The van der Waals surface area contributed by atoms with E-state index in [9.17, 15) is 4.39 Å². The highest BCUT2D eigenvalue weighted by molar-refractivity contribution is 7.98. The number of halogens is 2. The van der Waals surface area contributed by atoms with E-state index < -0.39 is 6.80 Å². The van der Waals surface area contributed by atoms with E-state index in [1.165, 1.54) is 23.2 Å². The quantitative estimate of drug-likeness (QED) is 0.530. The standard InChI is InChI=1S/C8H6ClFN2S/c9-6-1-2-7-8(3-6)13-11-5-12(7)4-10/h1-3,5H,4H2. The molecule has 0 radical (unpaired) electrons. The average molecular weight is 217 g/mol. The smallest absolute Gasteiger partial charge is 0.166 e. The second-order valence-electron chi connectivity index (χ2n) is 2.51. The molecule has 1 aliphatic rings. The summed E-state index contributed by atoms with van der Waals surface area (Å²) in [6, 6.07) is 5.30.